The summed E-state index contributed by atoms with van der Waals surface area (Å²) in [5.41, 5.74) is 9.45. The topological polar surface area (TPSA) is 43.8 Å². The van der Waals surface area contributed by atoms with E-state index in [1.807, 2.05) is 32.9 Å². The van der Waals surface area contributed by atoms with E-state index in [2.05, 4.69) is 5.10 Å². The molecule has 0 amide bonds. The first-order valence-electron chi connectivity index (χ1n) is 6.62. The molecule has 21 heavy (non-hydrogen) atoms. The first-order valence-corrected chi connectivity index (χ1v) is 6.62. The van der Waals surface area contributed by atoms with Gasteiger partial charge in [0.25, 0.3) is 0 Å². The van der Waals surface area contributed by atoms with Crippen LogP contribution in [-0.4, -0.2) is 9.78 Å². The second kappa shape index (κ2) is 5.52. The van der Waals surface area contributed by atoms with Gasteiger partial charge in [0.05, 0.1) is 6.54 Å². The molecule has 1 unspecified atom stereocenters. The number of aromatic nitrogens is 2. The number of hydrogen-bond donors (Lipinski definition) is 1. The SMILES string of the molecule is Cc1cc(C)c(C(N)Cn2ccc(C(F)(F)F)n2)c(C)c1. The van der Waals surface area contributed by atoms with Gasteiger partial charge in [0, 0.05) is 12.2 Å². The van der Waals surface area contributed by atoms with Crippen molar-refractivity contribution in [3.63, 3.8) is 0 Å². The van der Waals surface area contributed by atoms with Gasteiger partial charge in [0.1, 0.15) is 0 Å². The van der Waals surface area contributed by atoms with Crippen LogP contribution in [0.15, 0.2) is 24.4 Å². The predicted octanol–water partition coefficient (Wildman–Crippen LogP) is 3.53. The van der Waals surface area contributed by atoms with Crippen molar-refractivity contribution in [1.29, 1.82) is 0 Å². The van der Waals surface area contributed by atoms with E-state index < -0.39 is 17.9 Å². The van der Waals surface area contributed by atoms with Crippen LogP contribution in [0.4, 0.5) is 13.2 Å². The monoisotopic (exact) mass is 297 g/mol. The highest BCUT2D eigenvalue weighted by atomic mass is 19.4. The molecule has 0 spiro atoms. The van der Waals surface area contributed by atoms with Crippen molar-refractivity contribution in [3.8, 4) is 0 Å². The van der Waals surface area contributed by atoms with Gasteiger partial charge < -0.3 is 5.73 Å². The average molecular weight is 297 g/mol. The number of nitrogens with zero attached hydrogens (tertiary/aromatic N) is 2. The standard InChI is InChI=1S/C15H18F3N3/c1-9-6-10(2)14(11(3)7-9)12(19)8-21-5-4-13(20-21)15(16,17)18/h4-7,12H,8,19H2,1-3H3. The molecule has 0 fully saturated rings. The van der Waals surface area contributed by atoms with Crippen LogP contribution in [0.3, 0.4) is 0 Å². The second-order valence-electron chi connectivity index (χ2n) is 5.34. The lowest BCUT2D eigenvalue weighted by Crippen LogP contribution is -2.20. The summed E-state index contributed by atoms with van der Waals surface area (Å²) in [5, 5.41) is 3.54. The van der Waals surface area contributed by atoms with Gasteiger partial charge in [-0.05, 0) is 43.5 Å². The normalized spacial score (nSPS) is 13.5. The maximum atomic E-state index is 12.5. The Morgan fingerprint density at radius 1 is 1.19 bits per heavy atom. The van der Waals surface area contributed by atoms with Crippen molar-refractivity contribution in [2.24, 2.45) is 5.73 Å². The highest BCUT2D eigenvalue weighted by Gasteiger charge is 2.33. The van der Waals surface area contributed by atoms with Gasteiger partial charge in [-0.1, -0.05) is 17.7 Å². The predicted molar refractivity (Wildman–Crippen MR) is 74.8 cm³/mol. The largest absolute Gasteiger partial charge is 0.435 e. The quantitative estimate of drug-likeness (QED) is 0.942. The van der Waals surface area contributed by atoms with E-state index in [4.69, 9.17) is 5.73 Å². The molecule has 0 saturated carbocycles. The first-order chi connectivity index (χ1) is 9.68. The van der Waals surface area contributed by atoms with Crippen molar-refractivity contribution >= 4 is 0 Å². The summed E-state index contributed by atoms with van der Waals surface area (Å²) in [6.45, 7) is 6.12. The fourth-order valence-electron chi connectivity index (χ4n) is 2.68. The van der Waals surface area contributed by atoms with Crippen LogP contribution >= 0.6 is 0 Å². The smallest absolute Gasteiger partial charge is 0.322 e. The molecule has 0 radical (unpaired) electrons. The average Bonchev–Trinajstić information content (AvgIpc) is 2.75. The second-order valence-corrected chi connectivity index (χ2v) is 5.34. The highest BCUT2D eigenvalue weighted by Crippen LogP contribution is 2.28. The molecule has 0 saturated heterocycles. The fourth-order valence-corrected chi connectivity index (χ4v) is 2.68. The van der Waals surface area contributed by atoms with Gasteiger partial charge in [-0.15, -0.1) is 0 Å². The number of benzene rings is 1. The molecule has 0 aliphatic rings. The summed E-state index contributed by atoms with van der Waals surface area (Å²) < 4.78 is 38.8. The minimum atomic E-state index is -4.43. The van der Waals surface area contributed by atoms with E-state index >= 15 is 0 Å². The summed E-state index contributed by atoms with van der Waals surface area (Å²) in [7, 11) is 0. The zero-order valence-electron chi connectivity index (χ0n) is 12.2. The summed E-state index contributed by atoms with van der Waals surface area (Å²) in [6.07, 6.45) is -3.12. The van der Waals surface area contributed by atoms with Crippen molar-refractivity contribution in [1.82, 2.24) is 9.78 Å². The molecule has 1 aromatic carbocycles. The van der Waals surface area contributed by atoms with Crippen LogP contribution in [0.2, 0.25) is 0 Å². The molecule has 1 atom stereocenters. The Morgan fingerprint density at radius 3 is 2.24 bits per heavy atom. The molecular formula is C15H18F3N3. The lowest BCUT2D eigenvalue weighted by atomic mass is 9.94. The fraction of sp³-hybridized carbons (Fsp3) is 0.400. The summed E-state index contributed by atoms with van der Waals surface area (Å²) in [6, 6.07) is 4.60. The van der Waals surface area contributed by atoms with Crippen LogP contribution in [0.5, 0.6) is 0 Å². The van der Waals surface area contributed by atoms with Crippen molar-refractivity contribution in [2.75, 3.05) is 0 Å². The molecule has 2 N–H and O–H groups in total. The minimum absolute atomic E-state index is 0.209. The zero-order valence-corrected chi connectivity index (χ0v) is 12.2. The third kappa shape index (κ3) is 3.44. The molecule has 2 rings (SSSR count). The molecule has 0 aliphatic heterocycles. The Balaban J connectivity index is 2.22. The lowest BCUT2D eigenvalue weighted by molar-refractivity contribution is -0.141. The molecule has 2 aromatic rings. The Hall–Kier alpha value is -1.82. The van der Waals surface area contributed by atoms with Gasteiger partial charge in [-0.3, -0.25) is 4.68 Å². The van der Waals surface area contributed by atoms with Gasteiger partial charge >= 0.3 is 6.18 Å². The van der Waals surface area contributed by atoms with Crippen molar-refractivity contribution in [2.45, 2.75) is 39.5 Å². The maximum Gasteiger partial charge on any atom is 0.435 e. The van der Waals surface area contributed by atoms with Crippen LogP contribution < -0.4 is 5.73 Å². The van der Waals surface area contributed by atoms with Crippen LogP contribution in [0, 0.1) is 20.8 Å². The van der Waals surface area contributed by atoms with Gasteiger partial charge in [-0.2, -0.15) is 18.3 Å². The number of nitrogens with two attached hydrogens (primary N) is 1. The van der Waals surface area contributed by atoms with Gasteiger partial charge in [0.2, 0.25) is 0 Å². The van der Waals surface area contributed by atoms with E-state index in [9.17, 15) is 13.2 Å². The molecule has 3 nitrogen and oxygen atoms in total. The lowest BCUT2D eigenvalue weighted by Gasteiger charge is -2.18. The number of alkyl halides is 3. The molecule has 1 heterocycles. The van der Waals surface area contributed by atoms with Crippen molar-refractivity contribution < 1.29 is 13.2 Å². The summed E-state index contributed by atoms with van der Waals surface area (Å²) in [5.74, 6) is 0. The molecule has 0 aliphatic carbocycles. The van der Waals surface area contributed by atoms with E-state index in [-0.39, 0.29) is 6.54 Å². The third-order valence-electron chi connectivity index (χ3n) is 3.42. The number of hydrogen-bond acceptors (Lipinski definition) is 2. The maximum absolute atomic E-state index is 12.5. The van der Waals surface area contributed by atoms with E-state index in [1.54, 1.807) is 0 Å². The summed E-state index contributed by atoms with van der Waals surface area (Å²) in [4.78, 5) is 0. The van der Waals surface area contributed by atoms with Crippen LogP contribution in [-0.2, 0) is 12.7 Å². The van der Waals surface area contributed by atoms with Crippen molar-refractivity contribution in [3.05, 3.63) is 52.3 Å². The first kappa shape index (κ1) is 15.6. The Morgan fingerprint density at radius 2 is 1.76 bits per heavy atom. The van der Waals surface area contributed by atoms with E-state index in [0.717, 1.165) is 28.3 Å². The third-order valence-corrected chi connectivity index (χ3v) is 3.42. The zero-order chi connectivity index (χ0) is 15.8. The molecule has 0 bridgehead atoms. The van der Waals surface area contributed by atoms with Gasteiger partial charge in [0.15, 0.2) is 5.69 Å². The van der Waals surface area contributed by atoms with Crippen LogP contribution in [0.25, 0.3) is 0 Å². The molecule has 114 valence electrons. The number of halogens is 3. The number of aryl methyl sites for hydroxylation is 3. The number of rotatable bonds is 3. The van der Waals surface area contributed by atoms with E-state index in [1.165, 1.54) is 10.9 Å². The Kier molecular flexibility index (Phi) is 4.09. The molecular weight excluding hydrogens is 279 g/mol. The minimum Gasteiger partial charge on any atom is -0.322 e. The Labute approximate surface area is 121 Å². The molecule has 6 heteroatoms. The van der Waals surface area contributed by atoms with E-state index in [0.29, 0.717) is 0 Å². The highest BCUT2D eigenvalue weighted by molar-refractivity contribution is 5.39. The Bertz CT molecular complexity index is 621. The summed E-state index contributed by atoms with van der Waals surface area (Å²) >= 11 is 0. The van der Waals surface area contributed by atoms with Crippen LogP contribution in [0.1, 0.15) is 34.0 Å². The van der Waals surface area contributed by atoms with Gasteiger partial charge in [-0.25, -0.2) is 0 Å². The molecule has 1 aromatic heterocycles.